The van der Waals surface area contributed by atoms with Crippen molar-refractivity contribution in [2.75, 3.05) is 6.61 Å². The highest BCUT2D eigenvalue weighted by Crippen LogP contribution is 2.35. The quantitative estimate of drug-likeness (QED) is 0.494. The Kier molecular flexibility index (Phi) is 2.34. The van der Waals surface area contributed by atoms with E-state index < -0.39 is 17.9 Å². The predicted molar refractivity (Wildman–Crippen MR) is 35.6 cm³/mol. The highest BCUT2D eigenvalue weighted by Gasteiger charge is 2.52. The Morgan fingerprint density at radius 2 is 2.08 bits per heavy atom. The van der Waals surface area contributed by atoms with Crippen LogP contribution in [0, 0.1) is 0 Å². The van der Waals surface area contributed by atoms with Gasteiger partial charge in [-0.2, -0.15) is 13.2 Å². The van der Waals surface area contributed by atoms with Gasteiger partial charge in [-0.3, -0.25) is 4.74 Å². The first kappa shape index (κ1) is 10.0. The Morgan fingerprint density at radius 1 is 1.46 bits per heavy atom. The number of rotatable bonds is 2. The molecule has 0 bridgehead atoms. The van der Waals surface area contributed by atoms with E-state index in [1.807, 2.05) is 0 Å². The number of carbonyl (C=O) groups excluding carboxylic acids is 1. The van der Waals surface area contributed by atoms with Crippen LogP contribution in [0.5, 0.6) is 0 Å². The third-order valence-corrected chi connectivity index (χ3v) is 1.33. The fraction of sp³-hybridized carbons (Fsp3) is 0.571. The summed E-state index contributed by atoms with van der Waals surface area (Å²) in [6.45, 7) is 1.32. The zero-order valence-corrected chi connectivity index (χ0v) is 6.72. The first-order chi connectivity index (χ1) is 5.90. The Labute approximate surface area is 72.1 Å². The van der Waals surface area contributed by atoms with Gasteiger partial charge in [-0.25, -0.2) is 4.79 Å². The molecule has 74 valence electrons. The number of esters is 1. The van der Waals surface area contributed by atoms with Crippen molar-refractivity contribution in [2.45, 2.75) is 18.9 Å². The molecule has 1 heterocycles. The summed E-state index contributed by atoms with van der Waals surface area (Å²) in [6.07, 6.45) is -3.24. The second-order valence-electron chi connectivity index (χ2n) is 2.36. The lowest BCUT2D eigenvalue weighted by atomic mass is 10.3. The maximum Gasteiger partial charge on any atom is 0.379 e. The molecule has 1 atom stereocenters. The van der Waals surface area contributed by atoms with Gasteiger partial charge in [0.1, 0.15) is 0 Å². The SMILES string of the molecule is CCOC(=O)C1(F)C=CC(F)(F)O1. The summed E-state index contributed by atoms with van der Waals surface area (Å²) in [5.41, 5.74) is 0. The summed E-state index contributed by atoms with van der Waals surface area (Å²) < 4.78 is 45.5. The average molecular weight is 196 g/mol. The molecule has 0 aromatic carbocycles. The topological polar surface area (TPSA) is 35.5 Å². The Hall–Kier alpha value is -1.04. The van der Waals surface area contributed by atoms with Gasteiger partial charge in [-0.05, 0) is 13.0 Å². The molecule has 6 heteroatoms. The van der Waals surface area contributed by atoms with Crippen LogP contribution in [0.2, 0.25) is 0 Å². The van der Waals surface area contributed by atoms with E-state index in [0.717, 1.165) is 0 Å². The highest BCUT2D eigenvalue weighted by atomic mass is 19.3. The molecule has 0 amide bonds. The van der Waals surface area contributed by atoms with Gasteiger partial charge >= 0.3 is 17.9 Å². The number of ether oxygens (including phenoxy) is 2. The van der Waals surface area contributed by atoms with Gasteiger partial charge in [-0.15, -0.1) is 0 Å². The van der Waals surface area contributed by atoms with Crippen LogP contribution in [0.3, 0.4) is 0 Å². The van der Waals surface area contributed by atoms with E-state index in [0.29, 0.717) is 6.08 Å². The van der Waals surface area contributed by atoms with Crippen LogP contribution in [0.1, 0.15) is 6.92 Å². The average Bonchev–Trinajstić information content (AvgIpc) is 2.28. The molecule has 0 spiro atoms. The molecular weight excluding hydrogens is 189 g/mol. The van der Waals surface area contributed by atoms with Gasteiger partial charge in [0.25, 0.3) is 0 Å². The molecule has 1 unspecified atom stereocenters. The zero-order valence-electron chi connectivity index (χ0n) is 6.72. The largest absolute Gasteiger partial charge is 0.462 e. The van der Waals surface area contributed by atoms with Gasteiger partial charge in [0.15, 0.2) is 0 Å². The van der Waals surface area contributed by atoms with E-state index in [2.05, 4.69) is 9.47 Å². The van der Waals surface area contributed by atoms with Crippen molar-refractivity contribution in [3.63, 3.8) is 0 Å². The Balaban J connectivity index is 2.71. The summed E-state index contributed by atoms with van der Waals surface area (Å²) in [5.74, 6) is -4.62. The van der Waals surface area contributed by atoms with Crippen molar-refractivity contribution in [3.05, 3.63) is 12.2 Å². The van der Waals surface area contributed by atoms with Crippen LogP contribution >= 0.6 is 0 Å². The Bertz CT molecular complexity index is 251. The molecule has 3 nitrogen and oxygen atoms in total. The molecule has 0 fully saturated rings. The minimum atomic E-state index is -3.75. The van der Waals surface area contributed by atoms with Crippen molar-refractivity contribution < 1.29 is 27.4 Å². The molecule has 0 aromatic rings. The van der Waals surface area contributed by atoms with E-state index in [4.69, 9.17) is 0 Å². The number of hydrogen-bond donors (Lipinski definition) is 0. The molecule has 13 heavy (non-hydrogen) atoms. The zero-order chi connectivity index (χ0) is 10.1. The molecule has 0 saturated carbocycles. The van der Waals surface area contributed by atoms with Gasteiger partial charge in [-0.1, -0.05) is 0 Å². The van der Waals surface area contributed by atoms with E-state index in [9.17, 15) is 18.0 Å². The lowest BCUT2D eigenvalue weighted by molar-refractivity contribution is -0.272. The van der Waals surface area contributed by atoms with Crippen molar-refractivity contribution in [2.24, 2.45) is 0 Å². The highest BCUT2D eigenvalue weighted by molar-refractivity contribution is 5.80. The molecule has 0 radical (unpaired) electrons. The summed E-state index contributed by atoms with van der Waals surface area (Å²) in [4.78, 5) is 10.7. The summed E-state index contributed by atoms with van der Waals surface area (Å²) in [6, 6.07) is 0. The van der Waals surface area contributed by atoms with Gasteiger partial charge in [0.2, 0.25) is 0 Å². The second kappa shape index (κ2) is 3.02. The van der Waals surface area contributed by atoms with E-state index >= 15 is 0 Å². The van der Waals surface area contributed by atoms with Crippen LogP contribution in [0.4, 0.5) is 13.2 Å². The van der Waals surface area contributed by atoms with Gasteiger partial charge in [0, 0.05) is 6.08 Å². The van der Waals surface area contributed by atoms with Gasteiger partial charge < -0.3 is 4.74 Å². The fourth-order valence-corrected chi connectivity index (χ4v) is 0.809. The number of hydrogen-bond acceptors (Lipinski definition) is 3. The van der Waals surface area contributed by atoms with Crippen LogP contribution in [-0.4, -0.2) is 24.5 Å². The molecule has 1 rings (SSSR count). The first-order valence-corrected chi connectivity index (χ1v) is 3.54. The monoisotopic (exact) mass is 196 g/mol. The normalized spacial score (nSPS) is 30.5. The minimum Gasteiger partial charge on any atom is -0.462 e. The molecule has 1 aliphatic heterocycles. The third-order valence-electron chi connectivity index (χ3n) is 1.33. The number of carbonyl (C=O) groups is 1. The van der Waals surface area contributed by atoms with Crippen LogP contribution in [0.15, 0.2) is 12.2 Å². The van der Waals surface area contributed by atoms with Crippen molar-refractivity contribution in [1.82, 2.24) is 0 Å². The fourth-order valence-electron chi connectivity index (χ4n) is 0.809. The van der Waals surface area contributed by atoms with E-state index in [1.165, 1.54) is 6.92 Å². The lowest BCUT2D eigenvalue weighted by Gasteiger charge is -2.17. The van der Waals surface area contributed by atoms with Crippen LogP contribution < -0.4 is 0 Å². The smallest absolute Gasteiger partial charge is 0.379 e. The molecule has 1 aliphatic rings. The van der Waals surface area contributed by atoms with Crippen molar-refractivity contribution in [1.29, 1.82) is 0 Å². The van der Waals surface area contributed by atoms with Crippen LogP contribution in [-0.2, 0) is 14.3 Å². The standard InChI is InChI=1S/C7H7F3O3/c1-2-12-5(11)6(8)3-4-7(9,10)13-6/h3-4H,2H2,1H3. The predicted octanol–water partition coefficient (Wildman–Crippen LogP) is 1.39. The van der Waals surface area contributed by atoms with Crippen LogP contribution in [0.25, 0.3) is 0 Å². The summed E-state index contributed by atoms with van der Waals surface area (Å²) in [7, 11) is 0. The second-order valence-corrected chi connectivity index (χ2v) is 2.36. The minimum absolute atomic E-state index is 0.104. The summed E-state index contributed by atoms with van der Waals surface area (Å²) >= 11 is 0. The maximum atomic E-state index is 13.1. The number of halogens is 3. The molecule has 0 aliphatic carbocycles. The van der Waals surface area contributed by atoms with E-state index in [1.54, 1.807) is 0 Å². The summed E-state index contributed by atoms with van der Waals surface area (Å²) in [5, 5.41) is 0. The molecule has 0 N–H and O–H groups in total. The third kappa shape index (κ3) is 2.00. The molecular formula is C7H7F3O3. The first-order valence-electron chi connectivity index (χ1n) is 3.54. The number of alkyl halides is 3. The van der Waals surface area contributed by atoms with Gasteiger partial charge in [0.05, 0.1) is 6.61 Å². The van der Waals surface area contributed by atoms with Crippen molar-refractivity contribution >= 4 is 5.97 Å². The Morgan fingerprint density at radius 3 is 2.46 bits per heavy atom. The molecule has 0 saturated heterocycles. The maximum absolute atomic E-state index is 13.1. The van der Waals surface area contributed by atoms with Crippen molar-refractivity contribution in [3.8, 4) is 0 Å². The molecule has 0 aromatic heterocycles. The lowest BCUT2D eigenvalue weighted by Crippen LogP contribution is -2.37. The van der Waals surface area contributed by atoms with E-state index in [-0.39, 0.29) is 12.7 Å².